The van der Waals surface area contributed by atoms with Gasteiger partial charge in [-0.25, -0.2) is 0 Å². The summed E-state index contributed by atoms with van der Waals surface area (Å²) in [6, 6.07) is 59.0. The summed E-state index contributed by atoms with van der Waals surface area (Å²) in [7, 11) is 0. The first-order chi connectivity index (χ1) is 23.3. The Labute approximate surface area is 275 Å². The first-order valence-corrected chi connectivity index (χ1v) is 16.7. The van der Waals surface area contributed by atoms with E-state index in [9.17, 15) is 0 Å². The van der Waals surface area contributed by atoms with E-state index in [4.69, 9.17) is 4.42 Å². The van der Waals surface area contributed by atoms with Gasteiger partial charge in [0, 0.05) is 42.9 Å². The first-order valence-electron chi connectivity index (χ1n) is 15.9. The minimum atomic E-state index is 0.914. The molecule has 220 valence electrons. The molecule has 2 nitrogen and oxygen atoms in total. The maximum absolute atomic E-state index is 6.41. The van der Waals surface area contributed by atoms with Crippen LogP contribution >= 0.6 is 11.3 Å². The van der Waals surface area contributed by atoms with Crippen LogP contribution in [-0.4, -0.2) is 0 Å². The molecule has 0 bridgehead atoms. The van der Waals surface area contributed by atoms with Gasteiger partial charge in [-0.05, 0) is 58.1 Å². The van der Waals surface area contributed by atoms with Crippen molar-refractivity contribution in [1.82, 2.24) is 0 Å². The summed E-state index contributed by atoms with van der Waals surface area (Å²) in [4.78, 5) is 2.46. The largest absolute Gasteiger partial charge is 0.455 e. The molecule has 0 atom stereocenters. The first kappa shape index (κ1) is 26.3. The third-order valence-electron chi connectivity index (χ3n) is 9.45. The van der Waals surface area contributed by atoms with Gasteiger partial charge in [0.05, 0.1) is 16.1 Å². The van der Waals surface area contributed by atoms with E-state index in [1.807, 2.05) is 23.5 Å². The van der Waals surface area contributed by atoms with E-state index in [-0.39, 0.29) is 0 Å². The second kappa shape index (κ2) is 10.3. The molecule has 10 aromatic rings. The van der Waals surface area contributed by atoms with Crippen LogP contribution in [0.15, 0.2) is 168 Å². The van der Waals surface area contributed by atoms with Crippen LogP contribution in [0.1, 0.15) is 0 Å². The Bertz CT molecular complexity index is 2810. The number of hydrogen-bond donors (Lipinski definition) is 0. The third kappa shape index (κ3) is 4.04. The lowest BCUT2D eigenvalue weighted by Crippen LogP contribution is -2.10. The van der Waals surface area contributed by atoms with Crippen LogP contribution in [0.2, 0.25) is 0 Å². The van der Waals surface area contributed by atoms with Crippen LogP contribution < -0.4 is 4.90 Å². The zero-order chi connectivity index (χ0) is 30.9. The fraction of sp³-hybridized carbons (Fsp3) is 0. The van der Waals surface area contributed by atoms with E-state index in [0.29, 0.717) is 0 Å². The van der Waals surface area contributed by atoms with Gasteiger partial charge in [-0.3, -0.25) is 0 Å². The van der Waals surface area contributed by atoms with Crippen LogP contribution in [0.5, 0.6) is 0 Å². The fourth-order valence-corrected chi connectivity index (χ4v) is 8.51. The Morgan fingerprint density at radius 1 is 0.447 bits per heavy atom. The van der Waals surface area contributed by atoms with Gasteiger partial charge in [0.1, 0.15) is 11.2 Å². The maximum Gasteiger partial charge on any atom is 0.143 e. The summed E-state index contributed by atoms with van der Waals surface area (Å²) in [5, 5.41) is 9.83. The number of furan rings is 1. The molecule has 0 amide bonds. The highest BCUT2D eigenvalue weighted by Crippen LogP contribution is 2.48. The smallest absolute Gasteiger partial charge is 0.143 e. The van der Waals surface area contributed by atoms with Crippen molar-refractivity contribution in [2.45, 2.75) is 0 Å². The van der Waals surface area contributed by atoms with Crippen LogP contribution in [0.3, 0.4) is 0 Å². The summed E-state index contributed by atoms with van der Waals surface area (Å²) in [5.41, 5.74) is 7.51. The van der Waals surface area contributed by atoms with Gasteiger partial charge in [0.2, 0.25) is 0 Å². The number of fused-ring (bicyclic) bond motifs is 9. The standard InChI is InChI=1S/C44H27NOS/c1-2-12-31-29(11-1)27-40(34-14-4-3-13-33(31)34)45(39-20-10-19-38-36-16-6-8-22-42(36)47-44(38)39)30-25-23-28(24-26-30)32-17-9-18-37-35-15-5-7-21-41(35)46-43(32)37/h1-27H. The Morgan fingerprint density at radius 3 is 1.98 bits per heavy atom. The second-order valence-corrected chi connectivity index (χ2v) is 13.1. The highest BCUT2D eigenvalue weighted by atomic mass is 32.1. The van der Waals surface area contributed by atoms with Crippen LogP contribution in [0.4, 0.5) is 17.1 Å². The number of benzene rings is 8. The van der Waals surface area contributed by atoms with Gasteiger partial charge in [0.25, 0.3) is 0 Å². The Morgan fingerprint density at radius 2 is 1.11 bits per heavy atom. The number of rotatable bonds is 4. The van der Waals surface area contributed by atoms with E-state index in [2.05, 4.69) is 157 Å². The normalized spacial score (nSPS) is 11.8. The van der Waals surface area contributed by atoms with Crippen molar-refractivity contribution >= 4 is 92.1 Å². The van der Waals surface area contributed by atoms with Crippen LogP contribution in [-0.2, 0) is 0 Å². The summed E-state index contributed by atoms with van der Waals surface area (Å²) in [5.74, 6) is 0. The van der Waals surface area contributed by atoms with Crippen LogP contribution in [0, 0.1) is 0 Å². The molecule has 0 saturated heterocycles. The number of thiophene rings is 1. The monoisotopic (exact) mass is 617 g/mol. The minimum Gasteiger partial charge on any atom is -0.455 e. The van der Waals surface area contributed by atoms with Crippen molar-refractivity contribution in [3.05, 3.63) is 164 Å². The van der Waals surface area contributed by atoms with E-state index in [0.717, 1.165) is 44.4 Å². The van der Waals surface area contributed by atoms with Gasteiger partial charge in [-0.15, -0.1) is 11.3 Å². The Balaban J connectivity index is 1.22. The maximum atomic E-state index is 6.41. The highest BCUT2D eigenvalue weighted by molar-refractivity contribution is 7.26. The van der Waals surface area contributed by atoms with E-state index in [1.165, 1.54) is 47.4 Å². The molecule has 10 rings (SSSR count). The second-order valence-electron chi connectivity index (χ2n) is 12.1. The summed E-state index contributed by atoms with van der Waals surface area (Å²) in [6.45, 7) is 0. The molecule has 0 aliphatic heterocycles. The Hall–Kier alpha value is -5.90. The molecule has 0 aliphatic carbocycles. The van der Waals surface area contributed by atoms with E-state index >= 15 is 0 Å². The number of anilines is 3. The van der Waals surface area contributed by atoms with E-state index in [1.54, 1.807) is 0 Å². The molecule has 3 heteroatoms. The van der Waals surface area contributed by atoms with E-state index < -0.39 is 0 Å². The van der Waals surface area contributed by atoms with Gasteiger partial charge in [0.15, 0.2) is 0 Å². The molecule has 47 heavy (non-hydrogen) atoms. The lowest BCUT2D eigenvalue weighted by molar-refractivity contribution is 0.670. The molecule has 2 aromatic heterocycles. The summed E-state index contributed by atoms with van der Waals surface area (Å²) >= 11 is 1.86. The average molecular weight is 618 g/mol. The molecule has 2 heterocycles. The SMILES string of the molecule is c1ccc2c(c1)cc(N(c1ccc(-c3cccc4c3oc3ccccc34)cc1)c1cccc3c1sc1ccccc13)c1ccccc12. The molecule has 0 spiro atoms. The van der Waals surface area contributed by atoms with Crippen molar-refractivity contribution in [2.75, 3.05) is 4.90 Å². The molecule has 0 aliphatic rings. The Kier molecular flexibility index (Phi) is 5.78. The number of hydrogen-bond acceptors (Lipinski definition) is 3. The highest BCUT2D eigenvalue weighted by Gasteiger charge is 2.21. The molecule has 0 radical (unpaired) electrons. The summed E-state index contributed by atoms with van der Waals surface area (Å²) < 4.78 is 8.99. The average Bonchev–Trinajstić information content (AvgIpc) is 3.71. The third-order valence-corrected chi connectivity index (χ3v) is 10.7. The molecule has 8 aromatic carbocycles. The quantitative estimate of drug-likeness (QED) is 0.183. The predicted molar refractivity (Wildman–Crippen MR) is 202 cm³/mol. The zero-order valence-corrected chi connectivity index (χ0v) is 26.2. The summed E-state index contributed by atoms with van der Waals surface area (Å²) in [6.07, 6.45) is 0. The topological polar surface area (TPSA) is 16.4 Å². The van der Waals surface area contributed by atoms with Crippen molar-refractivity contribution < 1.29 is 4.42 Å². The lowest BCUT2D eigenvalue weighted by atomic mass is 9.98. The fourth-order valence-electron chi connectivity index (χ4n) is 7.30. The van der Waals surface area contributed by atoms with Gasteiger partial charge < -0.3 is 9.32 Å². The molecule has 0 fully saturated rings. The molecular formula is C44H27NOS. The van der Waals surface area contributed by atoms with Crippen molar-refractivity contribution in [3.63, 3.8) is 0 Å². The van der Waals surface area contributed by atoms with Crippen molar-refractivity contribution in [1.29, 1.82) is 0 Å². The minimum absolute atomic E-state index is 0.914. The molecule has 0 unspecified atom stereocenters. The van der Waals surface area contributed by atoms with Gasteiger partial charge >= 0.3 is 0 Å². The van der Waals surface area contributed by atoms with Crippen molar-refractivity contribution in [3.8, 4) is 11.1 Å². The number of nitrogens with zero attached hydrogens (tertiary/aromatic N) is 1. The molecule has 0 N–H and O–H groups in total. The zero-order valence-electron chi connectivity index (χ0n) is 25.4. The van der Waals surface area contributed by atoms with Crippen molar-refractivity contribution in [2.24, 2.45) is 0 Å². The number of para-hydroxylation sites is 2. The van der Waals surface area contributed by atoms with Crippen LogP contribution in [0.25, 0.3) is 74.8 Å². The predicted octanol–water partition coefficient (Wildman–Crippen LogP) is 13.4. The van der Waals surface area contributed by atoms with Gasteiger partial charge in [-0.2, -0.15) is 0 Å². The molecular weight excluding hydrogens is 591 g/mol. The van der Waals surface area contributed by atoms with Gasteiger partial charge in [-0.1, -0.05) is 127 Å². The molecule has 0 saturated carbocycles. The lowest BCUT2D eigenvalue weighted by Gasteiger charge is -2.28.